The van der Waals surface area contributed by atoms with Crippen molar-refractivity contribution in [2.45, 2.75) is 25.3 Å². The Morgan fingerprint density at radius 2 is 1.64 bits per heavy atom. The third-order valence-electron chi connectivity index (χ3n) is 5.25. The molecule has 2 amide bonds. The van der Waals surface area contributed by atoms with Crippen LogP contribution in [0.5, 0.6) is 0 Å². The first-order valence-electron chi connectivity index (χ1n) is 11.0. The Morgan fingerprint density at radius 1 is 0.917 bits per heavy atom. The summed E-state index contributed by atoms with van der Waals surface area (Å²) in [5, 5.41) is 14.5. The second-order valence-corrected chi connectivity index (χ2v) is 8.73. The fourth-order valence-electron chi connectivity index (χ4n) is 3.41. The lowest BCUT2D eigenvalue weighted by Crippen LogP contribution is -2.41. The van der Waals surface area contributed by atoms with Crippen LogP contribution in [0.4, 0.5) is 0 Å². The van der Waals surface area contributed by atoms with Crippen LogP contribution in [-0.2, 0) is 16.0 Å². The van der Waals surface area contributed by atoms with E-state index in [1.165, 1.54) is 12.1 Å². The lowest BCUT2D eigenvalue weighted by atomic mass is 10.1. The van der Waals surface area contributed by atoms with Gasteiger partial charge in [0, 0.05) is 30.3 Å². The van der Waals surface area contributed by atoms with Crippen molar-refractivity contribution in [2.24, 2.45) is 0 Å². The third kappa shape index (κ3) is 7.63. The molecule has 0 bridgehead atoms. The van der Waals surface area contributed by atoms with E-state index in [2.05, 4.69) is 15.6 Å². The van der Waals surface area contributed by atoms with E-state index in [1.807, 2.05) is 24.3 Å². The van der Waals surface area contributed by atoms with E-state index in [9.17, 15) is 24.3 Å². The number of nitrogens with one attached hydrogen (secondary N) is 2. The molecule has 3 aromatic rings. The summed E-state index contributed by atoms with van der Waals surface area (Å²) in [6.45, 7) is -0.278. The zero-order valence-corrected chi connectivity index (χ0v) is 20.6. The predicted octanol–water partition coefficient (Wildman–Crippen LogP) is 3.94. The molecule has 10 heteroatoms. The molecule has 0 saturated carbocycles. The van der Waals surface area contributed by atoms with Gasteiger partial charge in [-0.2, -0.15) is 0 Å². The van der Waals surface area contributed by atoms with E-state index in [-0.39, 0.29) is 40.8 Å². The number of carboxylic acids is 1. The number of pyridine rings is 1. The topological polar surface area (TPSA) is 125 Å². The maximum atomic E-state index is 12.5. The highest BCUT2D eigenvalue weighted by Crippen LogP contribution is 2.24. The highest BCUT2D eigenvalue weighted by atomic mass is 35.5. The van der Waals surface area contributed by atoms with Gasteiger partial charge in [0.15, 0.2) is 5.78 Å². The summed E-state index contributed by atoms with van der Waals surface area (Å²) in [6.07, 6.45) is 1.91. The average Bonchev–Trinajstić information content (AvgIpc) is 2.85. The van der Waals surface area contributed by atoms with Gasteiger partial charge in [-0.15, -0.1) is 0 Å². The first-order valence-corrected chi connectivity index (χ1v) is 11.8. The number of carboxylic acid groups (broad SMARTS) is 1. The Labute approximate surface area is 217 Å². The van der Waals surface area contributed by atoms with E-state index < -0.39 is 23.8 Å². The lowest BCUT2D eigenvalue weighted by Gasteiger charge is -2.15. The molecule has 0 aliphatic heterocycles. The number of hydrogen-bond donors (Lipinski definition) is 3. The molecule has 3 N–H and O–H groups in total. The zero-order chi connectivity index (χ0) is 26.1. The van der Waals surface area contributed by atoms with E-state index in [0.29, 0.717) is 12.0 Å². The largest absolute Gasteiger partial charge is 0.480 e. The van der Waals surface area contributed by atoms with Crippen LogP contribution in [0.25, 0.3) is 0 Å². The van der Waals surface area contributed by atoms with Crippen molar-refractivity contribution in [1.29, 1.82) is 0 Å². The van der Waals surface area contributed by atoms with Crippen molar-refractivity contribution >= 4 is 46.8 Å². The number of halogens is 2. The van der Waals surface area contributed by atoms with E-state index >= 15 is 0 Å². The van der Waals surface area contributed by atoms with Crippen molar-refractivity contribution in [3.8, 4) is 0 Å². The molecule has 3 rings (SSSR count). The summed E-state index contributed by atoms with van der Waals surface area (Å²) >= 11 is 12.0. The normalized spacial score (nSPS) is 11.4. The van der Waals surface area contributed by atoms with Gasteiger partial charge in [-0.1, -0.05) is 47.5 Å². The van der Waals surface area contributed by atoms with Crippen LogP contribution < -0.4 is 10.6 Å². The van der Waals surface area contributed by atoms with Gasteiger partial charge in [0.2, 0.25) is 0 Å². The van der Waals surface area contributed by atoms with Gasteiger partial charge in [0.1, 0.15) is 6.04 Å². The number of nitrogens with zero attached hydrogens (tertiary/aromatic N) is 1. The molecule has 0 unspecified atom stereocenters. The fourth-order valence-corrected chi connectivity index (χ4v) is 3.98. The highest BCUT2D eigenvalue weighted by Gasteiger charge is 2.24. The number of amides is 2. The maximum absolute atomic E-state index is 12.5. The summed E-state index contributed by atoms with van der Waals surface area (Å²) in [5.74, 6) is -2.88. The third-order valence-corrected chi connectivity index (χ3v) is 5.88. The molecule has 2 aromatic carbocycles. The van der Waals surface area contributed by atoms with Crippen molar-refractivity contribution in [3.63, 3.8) is 0 Å². The van der Waals surface area contributed by atoms with Gasteiger partial charge in [0.05, 0.1) is 22.2 Å². The molecular weight excluding hydrogens is 505 g/mol. The zero-order valence-electron chi connectivity index (χ0n) is 19.0. The van der Waals surface area contributed by atoms with Gasteiger partial charge < -0.3 is 15.7 Å². The van der Waals surface area contributed by atoms with Crippen LogP contribution >= 0.6 is 23.2 Å². The standard InChI is InChI=1S/C26H23Cl2N3O5/c27-20-8-4-9-21(28)23(20)25(34)31-22(26(35)36)11-10-19(32)15-30-24(33)17-6-3-5-16(13-17)14-18-7-1-2-12-29-18/h1-9,12-13,22H,10-11,14-15H2,(H,30,33)(H,31,34)(H,35,36)/t22-/m0/s1. The number of carbonyl (C=O) groups excluding carboxylic acids is 3. The fraction of sp³-hybridized carbons (Fsp3) is 0.192. The summed E-state index contributed by atoms with van der Waals surface area (Å²) in [5.41, 5.74) is 2.10. The summed E-state index contributed by atoms with van der Waals surface area (Å²) in [7, 11) is 0. The number of aliphatic carboxylic acids is 1. The number of ketones is 1. The maximum Gasteiger partial charge on any atom is 0.326 e. The Kier molecular flexibility index (Phi) is 9.55. The van der Waals surface area contributed by atoms with E-state index in [4.69, 9.17) is 23.2 Å². The minimum Gasteiger partial charge on any atom is -0.480 e. The Balaban J connectivity index is 1.51. The number of hydrogen-bond acceptors (Lipinski definition) is 5. The van der Waals surface area contributed by atoms with E-state index in [0.717, 1.165) is 11.3 Å². The first kappa shape index (κ1) is 26.8. The van der Waals surface area contributed by atoms with Crippen LogP contribution in [0, 0.1) is 0 Å². The van der Waals surface area contributed by atoms with Gasteiger partial charge in [0.25, 0.3) is 11.8 Å². The minimum absolute atomic E-state index is 0.0454. The van der Waals surface area contributed by atoms with Crippen LogP contribution in [-0.4, -0.2) is 46.2 Å². The van der Waals surface area contributed by atoms with Crippen molar-refractivity contribution in [1.82, 2.24) is 15.6 Å². The first-order chi connectivity index (χ1) is 17.2. The number of carbonyl (C=O) groups is 4. The Hall–Kier alpha value is -3.75. The molecule has 0 aliphatic rings. The van der Waals surface area contributed by atoms with Gasteiger partial charge in [-0.05, 0) is 48.4 Å². The van der Waals surface area contributed by atoms with Crippen LogP contribution in [0.3, 0.4) is 0 Å². The molecule has 0 spiro atoms. The minimum atomic E-state index is -1.34. The molecule has 1 heterocycles. The molecule has 1 atom stereocenters. The van der Waals surface area contributed by atoms with Crippen LogP contribution in [0.2, 0.25) is 10.0 Å². The second-order valence-electron chi connectivity index (χ2n) is 7.92. The summed E-state index contributed by atoms with van der Waals surface area (Å²) < 4.78 is 0. The SMILES string of the molecule is O=C(CC[C@H](NC(=O)c1c(Cl)cccc1Cl)C(=O)O)CNC(=O)c1cccc(Cc2ccccn2)c1. The molecule has 36 heavy (non-hydrogen) atoms. The van der Waals surface area contributed by atoms with Crippen LogP contribution in [0.15, 0.2) is 66.9 Å². The molecular formula is C26H23Cl2N3O5. The molecule has 1 aromatic heterocycles. The predicted molar refractivity (Wildman–Crippen MR) is 135 cm³/mol. The smallest absolute Gasteiger partial charge is 0.326 e. The summed E-state index contributed by atoms with van der Waals surface area (Å²) in [6, 6.07) is 15.7. The molecule has 0 saturated heterocycles. The molecule has 0 aliphatic carbocycles. The molecule has 0 fully saturated rings. The lowest BCUT2D eigenvalue weighted by molar-refractivity contribution is -0.139. The number of Topliss-reactive ketones (excluding diaryl/α,β-unsaturated/α-hetero) is 1. The van der Waals surface area contributed by atoms with Crippen molar-refractivity contribution in [2.75, 3.05) is 6.54 Å². The number of benzene rings is 2. The van der Waals surface area contributed by atoms with Gasteiger partial charge >= 0.3 is 5.97 Å². The Morgan fingerprint density at radius 3 is 2.31 bits per heavy atom. The molecule has 8 nitrogen and oxygen atoms in total. The van der Waals surface area contributed by atoms with E-state index in [1.54, 1.807) is 30.5 Å². The monoisotopic (exact) mass is 527 g/mol. The average molecular weight is 528 g/mol. The van der Waals surface area contributed by atoms with Gasteiger partial charge in [-0.25, -0.2) is 4.79 Å². The second kappa shape index (κ2) is 12.8. The van der Waals surface area contributed by atoms with Crippen molar-refractivity contribution in [3.05, 3.63) is 99.3 Å². The molecule has 186 valence electrons. The van der Waals surface area contributed by atoms with Gasteiger partial charge in [-0.3, -0.25) is 19.4 Å². The Bertz CT molecular complexity index is 1250. The summed E-state index contributed by atoms with van der Waals surface area (Å²) in [4.78, 5) is 53.2. The quantitative estimate of drug-likeness (QED) is 0.346. The highest BCUT2D eigenvalue weighted by molar-refractivity contribution is 6.39. The molecule has 0 radical (unpaired) electrons. The van der Waals surface area contributed by atoms with Crippen molar-refractivity contribution < 1.29 is 24.3 Å². The number of aromatic nitrogens is 1. The van der Waals surface area contributed by atoms with Crippen LogP contribution in [0.1, 0.15) is 44.8 Å². The number of rotatable bonds is 11.